The van der Waals surface area contributed by atoms with Gasteiger partial charge in [-0.1, -0.05) is 17.2 Å². The summed E-state index contributed by atoms with van der Waals surface area (Å²) in [6.45, 7) is 1.70. The van der Waals surface area contributed by atoms with E-state index in [-0.39, 0.29) is 24.3 Å². The van der Waals surface area contributed by atoms with E-state index in [0.717, 1.165) is 0 Å². The predicted octanol–water partition coefficient (Wildman–Crippen LogP) is 1.41. The van der Waals surface area contributed by atoms with E-state index >= 15 is 0 Å². The van der Waals surface area contributed by atoms with Crippen LogP contribution in [0.3, 0.4) is 0 Å². The van der Waals surface area contributed by atoms with Gasteiger partial charge in [0, 0.05) is 5.54 Å². The van der Waals surface area contributed by atoms with Gasteiger partial charge in [-0.2, -0.15) is 0 Å². The Bertz CT molecular complexity index is 398. The van der Waals surface area contributed by atoms with Crippen LogP contribution in [0.5, 0.6) is 0 Å². The molecule has 0 spiro atoms. The summed E-state index contributed by atoms with van der Waals surface area (Å²) in [6.07, 6.45) is 0.373. The van der Waals surface area contributed by atoms with Crippen LogP contribution in [0.15, 0.2) is 11.1 Å². The van der Waals surface area contributed by atoms with Crippen molar-refractivity contribution >= 4 is 27.4 Å². The van der Waals surface area contributed by atoms with Crippen molar-refractivity contribution in [2.45, 2.75) is 19.8 Å². The zero-order valence-electron chi connectivity index (χ0n) is 8.36. The Balaban J connectivity index is 2.98. The van der Waals surface area contributed by atoms with Crippen molar-refractivity contribution in [3.63, 3.8) is 0 Å². The molecule has 86 valence electrons. The Kier molecular flexibility index (Phi) is 3.45. The maximum atomic E-state index is 11.3. The lowest BCUT2D eigenvalue weighted by Crippen LogP contribution is -2.32. The third-order valence-corrected chi connectivity index (χ3v) is 4.84. The van der Waals surface area contributed by atoms with Gasteiger partial charge in [0.2, 0.25) is 0 Å². The molecule has 1 heterocycles. The first-order chi connectivity index (χ1) is 6.81. The molecule has 0 radical (unpaired) electrons. The summed E-state index contributed by atoms with van der Waals surface area (Å²) >= 11 is 5.46. The van der Waals surface area contributed by atoms with E-state index in [0.29, 0.717) is 5.57 Å². The number of hydrogen-bond acceptors (Lipinski definition) is 3. The van der Waals surface area contributed by atoms with Gasteiger partial charge in [-0.3, -0.25) is 4.79 Å². The number of carboxylic acids is 1. The largest absolute Gasteiger partial charge is 0.481 e. The average Bonchev–Trinajstić information content (AvgIpc) is 2.43. The molecular weight excluding hydrogens is 240 g/mol. The smallest absolute Gasteiger partial charge is 0.311 e. The molecular formula is C9H13ClO4S. The first kappa shape index (κ1) is 12.5. The maximum Gasteiger partial charge on any atom is 0.311 e. The van der Waals surface area contributed by atoms with Crippen LogP contribution in [-0.4, -0.2) is 31.0 Å². The average molecular weight is 253 g/mol. The Morgan fingerprint density at radius 1 is 1.60 bits per heavy atom. The van der Waals surface area contributed by atoms with Crippen LogP contribution in [0.1, 0.15) is 19.8 Å². The summed E-state index contributed by atoms with van der Waals surface area (Å²) in [5.41, 5.74) is 0.820. The molecule has 1 aliphatic rings. The van der Waals surface area contributed by atoms with Crippen molar-refractivity contribution in [2.24, 2.45) is 5.41 Å². The van der Waals surface area contributed by atoms with Gasteiger partial charge in [0.05, 0.1) is 16.9 Å². The van der Waals surface area contributed by atoms with E-state index in [1.54, 1.807) is 6.92 Å². The Labute approximate surface area is 93.8 Å². The van der Waals surface area contributed by atoms with E-state index in [4.69, 9.17) is 16.7 Å². The quantitative estimate of drug-likeness (QED) is 0.824. The number of halogens is 1. The highest BCUT2D eigenvalue weighted by molar-refractivity contribution is 7.91. The van der Waals surface area contributed by atoms with Crippen LogP contribution >= 0.6 is 11.6 Å². The molecule has 1 aliphatic heterocycles. The van der Waals surface area contributed by atoms with Crippen molar-refractivity contribution in [3.8, 4) is 0 Å². The summed E-state index contributed by atoms with van der Waals surface area (Å²) in [5, 5.41) is 9.11. The molecule has 4 nitrogen and oxygen atoms in total. The molecule has 0 saturated carbocycles. The van der Waals surface area contributed by atoms with Crippen molar-refractivity contribution in [3.05, 3.63) is 11.1 Å². The number of sulfone groups is 1. The molecule has 0 amide bonds. The number of aliphatic carboxylic acids is 1. The van der Waals surface area contributed by atoms with Crippen molar-refractivity contribution in [1.29, 1.82) is 0 Å². The lowest BCUT2D eigenvalue weighted by molar-refractivity contribution is -0.147. The van der Waals surface area contributed by atoms with Crippen LogP contribution in [0, 0.1) is 5.41 Å². The molecule has 1 atom stereocenters. The summed E-state index contributed by atoms with van der Waals surface area (Å²) in [7, 11) is -3.20. The standard InChI is InChI=1S/C9H13ClO4S/c1-7(5-10)4-9(8(11)12)2-3-15(13,14)6-9/h5H,2-4,6H2,1H3,(H,11,12). The second kappa shape index (κ2) is 4.14. The van der Waals surface area contributed by atoms with Gasteiger partial charge in [0.25, 0.3) is 0 Å². The van der Waals surface area contributed by atoms with Crippen molar-refractivity contribution in [2.75, 3.05) is 11.5 Å². The SMILES string of the molecule is CC(=CCl)CC1(C(=O)O)CCS(=O)(=O)C1. The third-order valence-electron chi connectivity index (χ3n) is 2.64. The number of carbonyl (C=O) groups is 1. The van der Waals surface area contributed by atoms with Gasteiger partial charge in [-0.15, -0.1) is 0 Å². The lowest BCUT2D eigenvalue weighted by Gasteiger charge is -2.22. The van der Waals surface area contributed by atoms with Gasteiger partial charge in [-0.25, -0.2) is 8.42 Å². The summed E-state index contributed by atoms with van der Waals surface area (Å²) in [6, 6.07) is 0. The summed E-state index contributed by atoms with van der Waals surface area (Å²) < 4.78 is 22.6. The van der Waals surface area contributed by atoms with Gasteiger partial charge >= 0.3 is 5.97 Å². The van der Waals surface area contributed by atoms with Crippen molar-refractivity contribution in [1.82, 2.24) is 0 Å². The molecule has 1 rings (SSSR count). The normalized spacial score (nSPS) is 30.4. The minimum absolute atomic E-state index is 0.0468. The van der Waals surface area contributed by atoms with Gasteiger partial charge in [-0.05, 0) is 19.8 Å². The van der Waals surface area contributed by atoms with E-state index in [2.05, 4.69) is 0 Å². The van der Waals surface area contributed by atoms with Gasteiger partial charge in [0.15, 0.2) is 9.84 Å². The molecule has 0 aromatic heterocycles. The fraction of sp³-hybridized carbons (Fsp3) is 0.667. The zero-order chi connectivity index (χ0) is 11.7. The molecule has 0 aromatic rings. The minimum atomic E-state index is -3.20. The molecule has 1 saturated heterocycles. The first-order valence-electron chi connectivity index (χ1n) is 4.51. The zero-order valence-corrected chi connectivity index (χ0v) is 9.94. The topological polar surface area (TPSA) is 71.4 Å². The van der Waals surface area contributed by atoms with Gasteiger partial charge < -0.3 is 5.11 Å². The molecule has 1 fully saturated rings. The summed E-state index contributed by atoms with van der Waals surface area (Å²) in [4.78, 5) is 11.1. The molecule has 0 aromatic carbocycles. The molecule has 0 bridgehead atoms. The Morgan fingerprint density at radius 2 is 2.20 bits per heavy atom. The van der Waals surface area contributed by atoms with Crippen molar-refractivity contribution < 1.29 is 18.3 Å². The third kappa shape index (κ3) is 2.72. The monoisotopic (exact) mass is 252 g/mol. The predicted molar refractivity (Wildman–Crippen MR) is 57.6 cm³/mol. The fourth-order valence-electron chi connectivity index (χ4n) is 1.87. The highest BCUT2D eigenvalue weighted by Gasteiger charge is 2.48. The molecule has 1 N–H and O–H groups in total. The van der Waals surface area contributed by atoms with Crippen LogP contribution in [0.2, 0.25) is 0 Å². The lowest BCUT2D eigenvalue weighted by atomic mass is 9.82. The maximum absolute atomic E-state index is 11.3. The first-order valence-corrected chi connectivity index (χ1v) is 6.77. The molecule has 15 heavy (non-hydrogen) atoms. The number of carboxylic acid groups (broad SMARTS) is 1. The highest BCUT2D eigenvalue weighted by Crippen LogP contribution is 2.38. The Morgan fingerprint density at radius 3 is 2.53 bits per heavy atom. The van der Waals surface area contributed by atoms with Crippen LogP contribution < -0.4 is 0 Å². The fourth-order valence-corrected chi connectivity index (χ4v) is 4.01. The second-order valence-corrected chi connectivity index (χ2v) is 6.46. The summed E-state index contributed by atoms with van der Waals surface area (Å²) in [5.74, 6) is -1.38. The Hall–Kier alpha value is -0.550. The van der Waals surface area contributed by atoms with Crippen LogP contribution in [0.25, 0.3) is 0 Å². The van der Waals surface area contributed by atoms with E-state index in [9.17, 15) is 13.2 Å². The number of rotatable bonds is 3. The van der Waals surface area contributed by atoms with Crippen LogP contribution in [0.4, 0.5) is 0 Å². The highest BCUT2D eigenvalue weighted by atomic mass is 35.5. The molecule has 1 unspecified atom stereocenters. The number of hydrogen-bond donors (Lipinski definition) is 1. The van der Waals surface area contributed by atoms with E-state index in [1.807, 2.05) is 0 Å². The van der Waals surface area contributed by atoms with Crippen LogP contribution in [-0.2, 0) is 14.6 Å². The van der Waals surface area contributed by atoms with E-state index < -0.39 is 21.2 Å². The second-order valence-electron chi connectivity index (χ2n) is 4.06. The minimum Gasteiger partial charge on any atom is -0.481 e. The molecule has 6 heteroatoms. The molecule has 0 aliphatic carbocycles. The van der Waals surface area contributed by atoms with E-state index in [1.165, 1.54) is 5.54 Å². The number of allylic oxidation sites excluding steroid dienone is 1. The van der Waals surface area contributed by atoms with Gasteiger partial charge in [0.1, 0.15) is 0 Å².